The molecule has 5 nitrogen and oxygen atoms in total. The summed E-state index contributed by atoms with van der Waals surface area (Å²) in [4.78, 5) is 12.6. The highest BCUT2D eigenvalue weighted by atomic mass is 19.1. The smallest absolute Gasteiger partial charge is 0.407 e. The van der Waals surface area contributed by atoms with Gasteiger partial charge in [0.25, 0.3) is 0 Å². The first-order valence-electron chi connectivity index (χ1n) is 7.58. The number of carboxylic acid groups (broad SMARTS) is 1. The maximum Gasteiger partial charge on any atom is 0.407 e. The molecule has 1 saturated heterocycles. The summed E-state index contributed by atoms with van der Waals surface area (Å²) in [6.07, 6.45) is 0.391. The predicted molar refractivity (Wildman–Crippen MR) is 81.2 cm³/mol. The second-order valence-electron chi connectivity index (χ2n) is 5.71. The van der Waals surface area contributed by atoms with E-state index >= 15 is 0 Å². The Bertz CT molecular complexity index is 524. The Morgan fingerprint density at radius 1 is 1.59 bits per heavy atom. The molecule has 1 heterocycles. The van der Waals surface area contributed by atoms with Gasteiger partial charge >= 0.3 is 6.09 Å². The zero-order valence-electron chi connectivity index (χ0n) is 12.8. The molecule has 122 valence electrons. The quantitative estimate of drug-likeness (QED) is 0.876. The highest BCUT2D eigenvalue weighted by Gasteiger charge is 2.31. The molecule has 0 aromatic heterocycles. The van der Waals surface area contributed by atoms with E-state index in [1.807, 2.05) is 6.92 Å². The lowest BCUT2D eigenvalue weighted by atomic mass is 9.86. The van der Waals surface area contributed by atoms with Gasteiger partial charge in [0, 0.05) is 25.6 Å². The Morgan fingerprint density at radius 3 is 3.05 bits per heavy atom. The number of nitrogens with two attached hydrogens (primary N) is 1. The molecule has 0 saturated carbocycles. The van der Waals surface area contributed by atoms with Crippen molar-refractivity contribution in [1.82, 2.24) is 4.90 Å². The molecule has 0 aliphatic carbocycles. The van der Waals surface area contributed by atoms with E-state index in [1.54, 1.807) is 6.07 Å². The van der Waals surface area contributed by atoms with Gasteiger partial charge in [-0.15, -0.1) is 0 Å². The van der Waals surface area contributed by atoms with Crippen LogP contribution in [0.1, 0.15) is 30.1 Å². The molecule has 1 aliphatic heterocycles. The molecule has 2 atom stereocenters. The number of carbonyl (C=O) groups is 1. The van der Waals surface area contributed by atoms with Crippen molar-refractivity contribution in [2.75, 3.05) is 26.2 Å². The maximum atomic E-state index is 13.6. The minimum absolute atomic E-state index is 0.0110. The molecule has 1 unspecified atom stereocenters. The lowest BCUT2D eigenvalue weighted by Crippen LogP contribution is -2.41. The number of ether oxygens (including phenoxy) is 1. The number of rotatable bonds is 5. The van der Waals surface area contributed by atoms with E-state index in [2.05, 4.69) is 0 Å². The summed E-state index contributed by atoms with van der Waals surface area (Å²) in [6.45, 7) is 3.59. The Labute approximate surface area is 129 Å². The topological polar surface area (TPSA) is 75.8 Å². The zero-order valence-corrected chi connectivity index (χ0v) is 12.8. The zero-order chi connectivity index (χ0) is 16.1. The number of halogens is 1. The second-order valence-corrected chi connectivity index (χ2v) is 5.71. The fourth-order valence-electron chi connectivity index (χ4n) is 3.02. The average Bonchev–Trinajstić information content (AvgIpc) is 2.51. The first-order chi connectivity index (χ1) is 10.5. The second kappa shape index (κ2) is 7.56. The number of hydrogen-bond donors (Lipinski definition) is 2. The van der Waals surface area contributed by atoms with Crippen LogP contribution in [-0.4, -0.2) is 42.3 Å². The van der Waals surface area contributed by atoms with Gasteiger partial charge in [-0.05, 0) is 43.0 Å². The molecule has 0 radical (unpaired) electrons. The molecular formula is C16H23FN2O3. The number of piperidine rings is 1. The lowest BCUT2D eigenvalue weighted by Gasteiger charge is -2.36. The van der Waals surface area contributed by atoms with Crippen molar-refractivity contribution in [3.8, 4) is 0 Å². The summed E-state index contributed by atoms with van der Waals surface area (Å²) < 4.78 is 19.5. The third kappa shape index (κ3) is 3.96. The van der Waals surface area contributed by atoms with E-state index in [0.717, 1.165) is 24.0 Å². The van der Waals surface area contributed by atoms with Crippen molar-refractivity contribution in [2.45, 2.75) is 25.9 Å². The minimum Gasteiger partial charge on any atom is -0.465 e. The average molecular weight is 310 g/mol. The molecular weight excluding hydrogens is 287 g/mol. The fourth-order valence-corrected chi connectivity index (χ4v) is 3.02. The number of amides is 1. The van der Waals surface area contributed by atoms with E-state index in [9.17, 15) is 14.3 Å². The van der Waals surface area contributed by atoms with Gasteiger partial charge in [-0.25, -0.2) is 9.18 Å². The SMILES string of the molecule is Cc1ccc(F)cc1[C@H](OCCN)C1CCCN(C(=O)O)C1. The Hall–Kier alpha value is -1.66. The molecule has 1 fully saturated rings. The largest absolute Gasteiger partial charge is 0.465 e. The summed E-state index contributed by atoms with van der Waals surface area (Å²) in [6, 6.07) is 4.63. The molecule has 0 bridgehead atoms. The van der Waals surface area contributed by atoms with Crippen LogP contribution >= 0.6 is 0 Å². The van der Waals surface area contributed by atoms with Crippen LogP contribution in [0.15, 0.2) is 18.2 Å². The summed E-state index contributed by atoms with van der Waals surface area (Å²) in [5, 5.41) is 9.19. The van der Waals surface area contributed by atoms with Crippen molar-refractivity contribution in [1.29, 1.82) is 0 Å². The van der Waals surface area contributed by atoms with E-state index < -0.39 is 6.09 Å². The van der Waals surface area contributed by atoms with Gasteiger partial charge in [-0.1, -0.05) is 6.07 Å². The molecule has 22 heavy (non-hydrogen) atoms. The molecule has 3 N–H and O–H groups in total. The molecule has 1 aliphatic rings. The molecule has 0 spiro atoms. The normalized spacial score (nSPS) is 20.0. The van der Waals surface area contributed by atoms with Crippen LogP contribution in [0.25, 0.3) is 0 Å². The molecule has 1 amide bonds. The van der Waals surface area contributed by atoms with Crippen molar-refractivity contribution < 1.29 is 19.0 Å². The van der Waals surface area contributed by atoms with Crippen LogP contribution in [-0.2, 0) is 4.74 Å². The van der Waals surface area contributed by atoms with Crippen molar-refractivity contribution >= 4 is 6.09 Å². The third-order valence-electron chi connectivity index (χ3n) is 4.12. The van der Waals surface area contributed by atoms with Crippen LogP contribution in [0.5, 0.6) is 0 Å². The van der Waals surface area contributed by atoms with E-state index in [0.29, 0.717) is 26.2 Å². The van der Waals surface area contributed by atoms with Crippen LogP contribution in [0.3, 0.4) is 0 Å². The Kier molecular flexibility index (Phi) is 5.74. The van der Waals surface area contributed by atoms with Gasteiger partial charge < -0.3 is 20.5 Å². The lowest BCUT2D eigenvalue weighted by molar-refractivity contribution is -0.0102. The number of likely N-dealkylation sites (tertiary alicyclic amines) is 1. The molecule has 6 heteroatoms. The summed E-state index contributed by atoms with van der Waals surface area (Å²) >= 11 is 0. The number of hydrogen-bond acceptors (Lipinski definition) is 3. The fraction of sp³-hybridized carbons (Fsp3) is 0.562. The summed E-state index contributed by atoms with van der Waals surface area (Å²) in [5.74, 6) is -0.301. The van der Waals surface area contributed by atoms with Gasteiger partial charge in [0.05, 0.1) is 12.7 Å². The first kappa shape index (κ1) is 16.7. The van der Waals surface area contributed by atoms with Crippen LogP contribution < -0.4 is 5.73 Å². The van der Waals surface area contributed by atoms with Crippen molar-refractivity contribution in [3.05, 3.63) is 35.1 Å². The summed E-state index contributed by atoms with van der Waals surface area (Å²) in [7, 11) is 0. The summed E-state index contributed by atoms with van der Waals surface area (Å²) in [5.41, 5.74) is 7.25. The molecule has 1 aromatic rings. The molecule has 1 aromatic carbocycles. The van der Waals surface area contributed by atoms with Crippen molar-refractivity contribution in [3.63, 3.8) is 0 Å². The highest BCUT2D eigenvalue weighted by molar-refractivity contribution is 5.65. The number of benzene rings is 1. The Balaban J connectivity index is 2.25. The van der Waals surface area contributed by atoms with Crippen molar-refractivity contribution in [2.24, 2.45) is 11.7 Å². The van der Waals surface area contributed by atoms with E-state index in [1.165, 1.54) is 17.0 Å². The Morgan fingerprint density at radius 2 is 2.36 bits per heavy atom. The highest BCUT2D eigenvalue weighted by Crippen LogP contribution is 2.34. The van der Waals surface area contributed by atoms with Crippen LogP contribution in [0, 0.1) is 18.7 Å². The van der Waals surface area contributed by atoms with Gasteiger partial charge in [0.15, 0.2) is 0 Å². The van der Waals surface area contributed by atoms with Crippen LogP contribution in [0.4, 0.5) is 9.18 Å². The number of aryl methyl sites for hydroxylation is 1. The first-order valence-corrected chi connectivity index (χ1v) is 7.58. The predicted octanol–water partition coefficient (Wildman–Crippen LogP) is 2.54. The maximum absolute atomic E-state index is 13.6. The van der Waals surface area contributed by atoms with Gasteiger partial charge in [0.2, 0.25) is 0 Å². The van der Waals surface area contributed by atoms with Gasteiger partial charge in [0.1, 0.15) is 5.82 Å². The minimum atomic E-state index is -0.918. The monoisotopic (exact) mass is 310 g/mol. The number of nitrogens with zero attached hydrogens (tertiary/aromatic N) is 1. The molecule has 2 rings (SSSR count). The standard InChI is InChI=1S/C16H23FN2O3/c1-11-4-5-13(17)9-14(11)15(22-8-6-18)12-3-2-7-19(10-12)16(20)21/h4-5,9,12,15H,2-3,6-8,10,18H2,1H3,(H,20,21)/t12?,15-/m1/s1. The van der Waals surface area contributed by atoms with Crippen LogP contribution in [0.2, 0.25) is 0 Å². The third-order valence-corrected chi connectivity index (χ3v) is 4.12. The van der Waals surface area contributed by atoms with Gasteiger partial charge in [-0.2, -0.15) is 0 Å². The van der Waals surface area contributed by atoms with Gasteiger partial charge in [-0.3, -0.25) is 0 Å². The van der Waals surface area contributed by atoms with E-state index in [-0.39, 0.29) is 17.8 Å². The van der Waals surface area contributed by atoms with E-state index in [4.69, 9.17) is 10.5 Å².